The molecule has 0 spiro atoms. The summed E-state index contributed by atoms with van der Waals surface area (Å²) in [5.41, 5.74) is 2.71. The molecule has 0 unspecified atom stereocenters. The van der Waals surface area contributed by atoms with Gasteiger partial charge in [-0.3, -0.25) is 0 Å². The maximum absolute atomic E-state index is 6.63. The maximum atomic E-state index is 6.63. The fraction of sp³-hybridized carbons (Fsp3) is 0.333. The fourth-order valence-electron chi connectivity index (χ4n) is 2.37. The van der Waals surface area contributed by atoms with Crippen molar-refractivity contribution < 1.29 is 0 Å². The third-order valence-corrected chi connectivity index (χ3v) is 12.8. The summed E-state index contributed by atoms with van der Waals surface area (Å²) >= 11 is -2.89. The van der Waals surface area contributed by atoms with E-state index in [2.05, 4.69) is 32.0 Å². The molecule has 0 bridgehead atoms. The van der Waals surface area contributed by atoms with Crippen molar-refractivity contribution in [2.45, 2.75) is 26.7 Å². The van der Waals surface area contributed by atoms with Crippen molar-refractivity contribution in [2.24, 2.45) is 0 Å². The molecular weight excluding hydrogens is 288 g/mol. The van der Waals surface area contributed by atoms with Crippen molar-refractivity contribution in [1.82, 2.24) is 0 Å². The Morgan fingerprint density at radius 1 is 1.07 bits per heavy atom. The second kappa shape index (κ2) is 4.16. The van der Waals surface area contributed by atoms with E-state index in [0.29, 0.717) is 0 Å². The molecule has 0 radical (unpaired) electrons. The molecule has 0 N–H and O–H groups in total. The molecule has 0 fully saturated rings. The molecule has 0 atom stereocenters. The fourth-order valence-corrected chi connectivity index (χ4v) is 11.6. The Morgan fingerprint density at radius 2 is 1.73 bits per heavy atom. The van der Waals surface area contributed by atoms with Crippen molar-refractivity contribution in [3.8, 4) is 0 Å². The number of halogens is 2. The number of allylic oxidation sites excluding steroid dienone is 2. The molecule has 15 heavy (non-hydrogen) atoms. The molecule has 80 valence electrons. The summed E-state index contributed by atoms with van der Waals surface area (Å²) < 4.78 is 2.58. The Kier molecular flexibility index (Phi) is 3.20. The molecule has 1 aromatic rings. The van der Waals surface area contributed by atoms with E-state index in [4.69, 9.17) is 20.0 Å². The molecule has 0 aliphatic carbocycles. The molecule has 0 saturated heterocycles. The van der Waals surface area contributed by atoms with E-state index in [1.165, 1.54) is 19.9 Å². The zero-order valence-electron chi connectivity index (χ0n) is 8.98. The van der Waals surface area contributed by atoms with Crippen LogP contribution in [0.15, 0.2) is 28.7 Å². The minimum absolute atomic E-state index is 0.991. The first kappa shape index (κ1) is 11.6. The van der Waals surface area contributed by atoms with Crippen LogP contribution in [-0.2, 0) is 0 Å². The van der Waals surface area contributed by atoms with Crippen LogP contribution in [0.2, 0.25) is 0 Å². The molecular formula is C12H14Cl2Ge. The average molecular weight is 302 g/mol. The van der Waals surface area contributed by atoms with E-state index in [-0.39, 0.29) is 0 Å². The van der Waals surface area contributed by atoms with Crippen LogP contribution in [-0.4, -0.2) is 11.4 Å². The molecule has 0 nitrogen and oxygen atoms in total. The first-order chi connectivity index (χ1) is 7.12. The van der Waals surface area contributed by atoms with Crippen LogP contribution in [0.5, 0.6) is 0 Å². The van der Waals surface area contributed by atoms with Gasteiger partial charge in [-0.15, -0.1) is 0 Å². The second-order valence-corrected chi connectivity index (χ2v) is 15.5. The van der Waals surface area contributed by atoms with Gasteiger partial charge in [-0.2, -0.15) is 0 Å². The Labute approximate surface area is 102 Å². The van der Waals surface area contributed by atoms with Crippen LogP contribution in [0.25, 0.3) is 5.57 Å². The van der Waals surface area contributed by atoms with Crippen LogP contribution >= 0.6 is 20.0 Å². The summed E-state index contributed by atoms with van der Waals surface area (Å²) in [5.74, 6) is 0. The normalized spacial score (nSPS) is 18.1. The van der Waals surface area contributed by atoms with E-state index in [1.807, 2.05) is 6.07 Å². The Hall–Kier alpha value is 0.0829. The molecule has 2 rings (SSSR count). The van der Waals surface area contributed by atoms with E-state index >= 15 is 0 Å². The number of fused-ring (bicyclic) bond motifs is 1. The van der Waals surface area contributed by atoms with Crippen LogP contribution in [0.4, 0.5) is 0 Å². The van der Waals surface area contributed by atoms with Gasteiger partial charge in [0.15, 0.2) is 0 Å². The molecule has 0 saturated carbocycles. The van der Waals surface area contributed by atoms with Crippen molar-refractivity contribution in [3.05, 3.63) is 34.2 Å². The van der Waals surface area contributed by atoms with Crippen molar-refractivity contribution in [3.63, 3.8) is 0 Å². The van der Waals surface area contributed by atoms with Gasteiger partial charge in [-0.1, -0.05) is 0 Å². The van der Waals surface area contributed by atoms with E-state index < -0.39 is 11.4 Å². The summed E-state index contributed by atoms with van der Waals surface area (Å²) in [6.45, 7) is 4.33. The summed E-state index contributed by atoms with van der Waals surface area (Å²) in [6, 6.07) is 8.36. The molecule has 1 aliphatic heterocycles. The van der Waals surface area contributed by atoms with Crippen LogP contribution in [0, 0.1) is 0 Å². The predicted octanol–water partition coefficient (Wildman–Crippen LogP) is 3.94. The molecule has 1 aliphatic rings. The zero-order chi connectivity index (χ0) is 11.1. The van der Waals surface area contributed by atoms with Crippen molar-refractivity contribution in [1.29, 1.82) is 0 Å². The number of benzene rings is 1. The third-order valence-electron chi connectivity index (χ3n) is 3.04. The van der Waals surface area contributed by atoms with Gasteiger partial charge >= 0.3 is 102 Å². The standard InChI is InChI=1S/C12H14Cl2Ge/c1-3-9-10-7-5-6-8-12(10)15(13,14)11(9)4-2/h5-8H,3-4H2,1-2H3. The summed E-state index contributed by atoms with van der Waals surface area (Å²) in [7, 11) is 13.3. The van der Waals surface area contributed by atoms with Gasteiger partial charge in [0.05, 0.1) is 0 Å². The molecule has 1 aromatic carbocycles. The number of hydrogen-bond donors (Lipinski definition) is 0. The Morgan fingerprint density at radius 3 is 2.33 bits per heavy atom. The van der Waals surface area contributed by atoms with E-state index in [1.54, 1.807) is 0 Å². The van der Waals surface area contributed by atoms with Gasteiger partial charge in [0.1, 0.15) is 0 Å². The van der Waals surface area contributed by atoms with Gasteiger partial charge in [0, 0.05) is 0 Å². The first-order valence-electron chi connectivity index (χ1n) is 5.33. The summed E-state index contributed by atoms with van der Waals surface area (Å²) in [5, 5.41) is 0. The Bertz CT molecular complexity index is 421. The molecule has 3 heteroatoms. The van der Waals surface area contributed by atoms with E-state index in [9.17, 15) is 0 Å². The third kappa shape index (κ3) is 1.67. The van der Waals surface area contributed by atoms with Gasteiger partial charge in [0.25, 0.3) is 0 Å². The Balaban J connectivity index is 2.68. The monoisotopic (exact) mass is 302 g/mol. The van der Waals surface area contributed by atoms with Gasteiger partial charge < -0.3 is 0 Å². The molecule has 0 aromatic heterocycles. The van der Waals surface area contributed by atoms with Crippen molar-refractivity contribution >= 4 is 41.4 Å². The topological polar surface area (TPSA) is 0 Å². The van der Waals surface area contributed by atoms with Gasteiger partial charge in [-0.05, 0) is 0 Å². The molecule has 0 amide bonds. The van der Waals surface area contributed by atoms with Crippen LogP contribution < -0.4 is 4.40 Å². The van der Waals surface area contributed by atoms with Crippen molar-refractivity contribution in [2.75, 3.05) is 0 Å². The second-order valence-electron chi connectivity index (χ2n) is 3.78. The number of hydrogen-bond acceptors (Lipinski definition) is 0. The average Bonchev–Trinajstić information content (AvgIpc) is 2.46. The predicted molar refractivity (Wildman–Crippen MR) is 71.0 cm³/mol. The first-order valence-corrected chi connectivity index (χ1v) is 12.9. The van der Waals surface area contributed by atoms with Gasteiger partial charge in [-0.25, -0.2) is 0 Å². The van der Waals surface area contributed by atoms with Gasteiger partial charge in [0.2, 0.25) is 0 Å². The zero-order valence-corrected chi connectivity index (χ0v) is 12.6. The number of rotatable bonds is 2. The van der Waals surface area contributed by atoms with Crippen LogP contribution in [0.3, 0.4) is 0 Å². The SMILES string of the molecule is CCC1=[C](CC)[Ge]([Cl])([Cl])[c]2ccccc21. The summed E-state index contributed by atoms with van der Waals surface area (Å²) in [6.07, 6.45) is 2.03. The quantitative estimate of drug-likeness (QED) is 0.726. The van der Waals surface area contributed by atoms with E-state index in [0.717, 1.165) is 12.8 Å². The van der Waals surface area contributed by atoms with Crippen LogP contribution in [0.1, 0.15) is 32.3 Å². The molecule has 1 heterocycles. The minimum atomic E-state index is -2.89. The summed E-state index contributed by atoms with van der Waals surface area (Å²) in [4.78, 5) is 0.